The molecule has 0 unspecified atom stereocenters. The molecule has 0 aliphatic rings. The second-order valence-corrected chi connectivity index (χ2v) is 3.71. The summed E-state index contributed by atoms with van der Waals surface area (Å²) in [6, 6.07) is 14.5. The summed E-state index contributed by atoms with van der Waals surface area (Å²) in [6.07, 6.45) is 0. The Hall–Kier alpha value is -2.56. The lowest BCUT2D eigenvalue weighted by atomic mass is 10.3. The number of rotatable bonds is 4. The topological polar surface area (TPSA) is 50.4 Å². The van der Waals surface area contributed by atoms with E-state index in [2.05, 4.69) is 10.6 Å². The van der Waals surface area contributed by atoms with Gasteiger partial charge in [-0.1, -0.05) is 30.3 Å². The maximum atomic E-state index is 13.3. The number of halogens is 1. The summed E-state index contributed by atoms with van der Waals surface area (Å²) in [5, 5.41) is 4.86. The molecule has 2 aromatic carbocycles. The SMILES string of the molecule is O=C(NCOc1ccccc1)Nc1ccccc1F. The number of para-hydroxylation sites is 2. The van der Waals surface area contributed by atoms with Gasteiger partial charge in [-0.05, 0) is 24.3 Å². The molecular weight excluding hydrogens is 247 g/mol. The third-order valence-corrected chi connectivity index (χ3v) is 2.34. The lowest BCUT2D eigenvalue weighted by Crippen LogP contribution is -2.32. The predicted octanol–water partition coefficient (Wildman–Crippen LogP) is 2.98. The van der Waals surface area contributed by atoms with Crippen molar-refractivity contribution in [1.29, 1.82) is 0 Å². The van der Waals surface area contributed by atoms with Crippen LogP contribution >= 0.6 is 0 Å². The highest BCUT2D eigenvalue weighted by molar-refractivity contribution is 5.89. The molecule has 0 radical (unpaired) electrons. The van der Waals surface area contributed by atoms with Gasteiger partial charge in [-0.15, -0.1) is 0 Å². The summed E-state index contributed by atoms with van der Waals surface area (Å²) in [5.41, 5.74) is 0.125. The Morgan fingerprint density at radius 3 is 2.47 bits per heavy atom. The summed E-state index contributed by atoms with van der Waals surface area (Å²) in [5.74, 6) is 0.162. The molecule has 5 heteroatoms. The summed E-state index contributed by atoms with van der Waals surface area (Å²) in [4.78, 5) is 11.5. The van der Waals surface area contributed by atoms with Crippen LogP contribution in [0.4, 0.5) is 14.9 Å². The van der Waals surface area contributed by atoms with Gasteiger partial charge < -0.3 is 15.4 Å². The fourth-order valence-corrected chi connectivity index (χ4v) is 1.43. The molecule has 2 aromatic rings. The van der Waals surface area contributed by atoms with E-state index in [1.54, 1.807) is 24.3 Å². The van der Waals surface area contributed by atoms with Gasteiger partial charge in [0.05, 0.1) is 5.69 Å². The third kappa shape index (κ3) is 3.99. The first-order chi connectivity index (χ1) is 9.25. The van der Waals surface area contributed by atoms with Gasteiger partial charge >= 0.3 is 6.03 Å². The van der Waals surface area contributed by atoms with E-state index in [0.717, 1.165) is 0 Å². The third-order valence-electron chi connectivity index (χ3n) is 2.34. The Morgan fingerprint density at radius 2 is 1.74 bits per heavy atom. The van der Waals surface area contributed by atoms with Gasteiger partial charge in [0.2, 0.25) is 0 Å². The molecule has 0 aliphatic heterocycles. The Balaban J connectivity index is 1.78. The maximum absolute atomic E-state index is 13.3. The molecule has 0 aliphatic carbocycles. The Bertz CT molecular complexity index is 546. The zero-order valence-electron chi connectivity index (χ0n) is 10.1. The number of hydrogen-bond donors (Lipinski definition) is 2. The monoisotopic (exact) mass is 260 g/mol. The Labute approximate surface area is 110 Å². The number of carbonyl (C=O) groups excluding carboxylic acids is 1. The molecular formula is C14H13FN2O2. The predicted molar refractivity (Wildman–Crippen MR) is 70.5 cm³/mol. The van der Waals surface area contributed by atoms with E-state index >= 15 is 0 Å². The van der Waals surface area contributed by atoms with E-state index in [-0.39, 0.29) is 12.4 Å². The van der Waals surface area contributed by atoms with Crippen LogP contribution in [0.5, 0.6) is 5.75 Å². The lowest BCUT2D eigenvalue weighted by Gasteiger charge is -2.09. The molecule has 2 amide bonds. The first kappa shape index (κ1) is 12.9. The average molecular weight is 260 g/mol. The molecule has 0 bridgehead atoms. The molecule has 19 heavy (non-hydrogen) atoms. The summed E-state index contributed by atoms with van der Waals surface area (Å²) >= 11 is 0. The van der Waals surface area contributed by atoms with Crippen molar-refractivity contribution in [3.63, 3.8) is 0 Å². The normalized spacial score (nSPS) is 9.74. The number of nitrogens with one attached hydrogen (secondary N) is 2. The zero-order valence-corrected chi connectivity index (χ0v) is 10.1. The van der Waals surface area contributed by atoms with Crippen LogP contribution in [-0.2, 0) is 0 Å². The summed E-state index contributed by atoms with van der Waals surface area (Å²) in [7, 11) is 0. The zero-order chi connectivity index (χ0) is 13.5. The van der Waals surface area contributed by atoms with Crippen LogP contribution in [0.1, 0.15) is 0 Å². The number of amides is 2. The molecule has 2 rings (SSSR count). The minimum absolute atomic E-state index is 0.00427. The molecule has 0 spiro atoms. The minimum Gasteiger partial charge on any atom is -0.473 e. The largest absolute Gasteiger partial charge is 0.473 e. The van der Waals surface area contributed by atoms with Crippen LogP contribution in [0, 0.1) is 5.82 Å². The number of anilines is 1. The molecule has 98 valence electrons. The van der Waals surface area contributed by atoms with Crippen LogP contribution in [0.2, 0.25) is 0 Å². The quantitative estimate of drug-likeness (QED) is 0.830. The van der Waals surface area contributed by atoms with E-state index in [9.17, 15) is 9.18 Å². The Kier molecular flexibility index (Phi) is 4.34. The number of urea groups is 1. The number of benzene rings is 2. The van der Waals surface area contributed by atoms with Gasteiger partial charge in [0, 0.05) is 0 Å². The molecule has 2 N–H and O–H groups in total. The molecule has 4 nitrogen and oxygen atoms in total. The second-order valence-electron chi connectivity index (χ2n) is 3.71. The highest BCUT2D eigenvalue weighted by Crippen LogP contribution is 2.12. The van der Waals surface area contributed by atoms with Crippen molar-refractivity contribution in [2.75, 3.05) is 12.0 Å². The van der Waals surface area contributed by atoms with Gasteiger partial charge in [-0.25, -0.2) is 9.18 Å². The molecule has 0 aromatic heterocycles. The van der Waals surface area contributed by atoms with Crippen molar-refractivity contribution >= 4 is 11.7 Å². The average Bonchev–Trinajstić information content (AvgIpc) is 2.43. The number of hydrogen-bond acceptors (Lipinski definition) is 2. The van der Waals surface area contributed by atoms with Crippen LogP contribution < -0.4 is 15.4 Å². The molecule has 0 saturated heterocycles. The lowest BCUT2D eigenvalue weighted by molar-refractivity contribution is 0.234. The number of ether oxygens (including phenoxy) is 1. The van der Waals surface area contributed by atoms with E-state index in [4.69, 9.17) is 4.74 Å². The smallest absolute Gasteiger partial charge is 0.321 e. The van der Waals surface area contributed by atoms with Gasteiger partial charge in [-0.3, -0.25) is 0 Å². The van der Waals surface area contributed by atoms with Gasteiger partial charge in [0.1, 0.15) is 11.6 Å². The fourth-order valence-electron chi connectivity index (χ4n) is 1.43. The van der Waals surface area contributed by atoms with Crippen LogP contribution in [-0.4, -0.2) is 12.8 Å². The van der Waals surface area contributed by atoms with E-state index in [1.807, 2.05) is 18.2 Å². The molecule has 0 heterocycles. The number of carbonyl (C=O) groups is 1. The maximum Gasteiger partial charge on any atom is 0.321 e. The first-order valence-corrected chi connectivity index (χ1v) is 5.73. The van der Waals surface area contributed by atoms with Crippen molar-refractivity contribution in [1.82, 2.24) is 5.32 Å². The van der Waals surface area contributed by atoms with Crippen LogP contribution in [0.3, 0.4) is 0 Å². The molecule has 0 fully saturated rings. The highest BCUT2D eigenvalue weighted by Gasteiger charge is 2.05. The minimum atomic E-state index is -0.527. The van der Waals surface area contributed by atoms with Crippen molar-refractivity contribution in [2.24, 2.45) is 0 Å². The summed E-state index contributed by atoms with van der Waals surface area (Å²) < 4.78 is 18.5. The fraction of sp³-hybridized carbons (Fsp3) is 0.0714. The van der Waals surface area contributed by atoms with E-state index < -0.39 is 11.8 Å². The van der Waals surface area contributed by atoms with Gasteiger partial charge in [0.15, 0.2) is 6.73 Å². The van der Waals surface area contributed by atoms with Crippen molar-refractivity contribution in [2.45, 2.75) is 0 Å². The standard InChI is InChI=1S/C14H13FN2O2/c15-12-8-4-5-9-13(12)17-14(18)16-10-19-11-6-2-1-3-7-11/h1-9H,10H2,(H2,16,17,18). The van der Waals surface area contributed by atoms with Crippen molar-refractivity contribution < 1.29 is 13.9 Å². The van der Waals surface area contributed by atoms with E-state index in [1.165, 1.54) is 12.1 Å². The molecule has 0 saturated carbocycles. The van der Waals surface area contributed by atoms with E-state index in [0.29, 0.717) is 5.75 Å². The highest BCUT2D eigenvalue weighted by atomic mass is 19.1. The van der Waals surface area contributed by atoms with Gasteiger partial charge in [-0.2, -0.15) is 0 Å². The van der Waals surface area contributed by atoms with Gasteiger partial charge in [0.25, 0.3) is 0 Å². The van der Waals surface area contributed by atoms with Crippen molar-refractivity contribution in [3.05, 3.63) is 60.4 Å². The second kappa shape index (κ2) is 6.39. The van der Waals surface area contributed by atoms with Crippen LogP contribution in [0.25, 0.3) is 0 Å². The molecule has 0 atom stereocenters. The summed E-state index contributed by atoms with van der Waals surface area (Å²) in [6.45, 7) is 0.00427. The Morgan fingerprint density at radius 1 is 1.05 bits per heavy atom. The van der Waals surface area contributed by atoms with Crippen molar-refractivity contribution in [3.8, 4) is 5.75 Å². The van der Waals surface area contributed by atoms with Crippen LogP contribution in [0.15, 0.2) is 54.6 Å². The first-order valence-electron chi connectivity index (χ1n) is 5.73.